The summed E-state index contributed by atoms with van der Waals surface area (Å²) in [6, 6.07) is 7.63. The van der Waals surface area contributed by atoms with Crippen molar-refractivity contribution in [3.05, 3.63) is 46.8 Å². The summed E-state index contributed by atoms with van der Waals surface area (Å²) >= 11 is 1.51. The van der Waals surface area contributed by atoms with E-state index in [0.717, 1.165) is 22.6 Å². The van der Waals surface area contributed by atoms with E-state index < -0.39 is 0 Å². The number of oxazole rings is 1. The molecule has 0 radical (unpaired) electrons. The van der Waals surface area contributed by atoms with E-state index in [2.05, 4.69) is 4.98 Å². The molecule has 2 aromatic rings. The molecule has 1 aromatic heterocycles. The molecule has 0 fully saturated rings. The zero-order chi connectivity index (χ0) is 13.1. The molecule has 1 heterocycles. The molecule has 0 saturated carbocycles. The first-order chi connectivity index (χ1) is 8.58. The first-order valence-electron chi connectivity index (χ1n) is 5.57. The van der Waals surface area contributed by atoms with Gasteiger partial charge in [-0.1, -0.05) is 36.0 Å². The van der Waals surface area contributed by atoms with E-state index in [1.807, 2.05) is 38.1 Å². The second-order valence-corrected chi connectivity index (χ2v) is 4.91. The molecule has 0 saturated heterocycles. The summed E-state index contributed by atoms with van der Waals surface area (Å²) in [5.41, 5.74) is 8.25. The van der Waals surface area contributed by atoms with E-state index in [1.165, 1.54) is 11.8 Å². The summed E-state index contributed by atoms with van der Waals surface area (Å²) in [5.74, 6) is 1.62. The van der Waals surface area contributed by atoms with Crippen molar-refractivity contribution in [2.24, 2.45) is 5.73 Å². The molecule has 0 aliphatic heterocycles. The van der Waals surface area contributed by atoms with Gasteiger partial charge in [-0.25, -0.2) is 4.98 Å². The molecule has 1 aromatic carbocycles. The van der Waals surface area contributed by atoms with Gasteiger partial charge >= 0.3 is 0 Å². The zero-order valence-electron chi connectivity index (χ0n) is 10.4. The Morgan fingerprint density at radius 2 is 2.11 bits per heavy atom. The van der Waals surface area contributed by atoms with Crippen LogP contribution in [0.1, 0.15) is 22.6 Å². The second-order valence-electron chi connectivity index (χ2n) is 3.98. The smallest absolute Gasteiger partial charge is 0.256 e. The topological polar surface area (TPSA) is 75.9 Å². The lowest BCUT2D eigenvalue weighted by Gasteiger charge is -2.05. The number of nitrogens with one attached hydrogen (secondary N) is 1. The fourth-order valence-electron chi connectivity index (χ4n) is 1.55. The minimum absolute atomic E-state index is 0.0889. The van der Waals surface area contributed by atoms with Crippen LogP contribution in [-0.2, 0) is 5.75 Å². The number of rotatable bonds is 4. The van der Waals surface area contributed by atoms with Crippen molar-refractivity contribution in [3.8, 4) is 0 Å². The van der Waals surface area contributed by atoms with Gasteiger partial charge in [0.1, 0.15) is 11.6 Å². The van der Waals surface area contributed by atoms with Gasteiger partial charge in [-0.15, -0.1) is 0 Å². The molecule has 2 rings (SSSR count). The van der Waals surface area contributed by atoms with Crippen LogP contribution in [0.4, 0.5) is 0 Å². The van der Waals surface area contributed by atoms with E-state index in [0.29, 0.717) is 11.0 Å². The predicted octanol–water partition coefficient (Wildman–Crippen LogP) is 2.87. The Bertz CT molecular complexity index is 558. The quantitative estimate of drug-likeness (QED) is 0.504. The van der Waals surface area contributed by atoms with Gasteiger partial charge in [-0.2, -0.15) is 0 Å². The fourth-order valence-corrected chi connectivity index (χ4v) is 2.47. The molecule has 94 valence electrons. The van der Waals surface area contributed by atoms with E-state index in [-0.39, 0.29) is 5.84 Å². The Labute approximate surface area is 110 Å². The highest BCUT2D eigenvalue weighted by Crippen LogP contribution is 2.25. The Kier molecular flexibility index (Phi) is 3.72. The van der Waals surface area contributed by atoms with Crippen LogP contribution in [0.5, 0.6) is 0 Å². The average molecular weight is 261 g/mol. The fraction of sp³-hybridized carbons (Fsp3) is 0.231. The maximum Gasteiger partial charge on any atom is 0.256 e. The molecule has 5 heteroatoms. The largest absolute Gasteiger partial charge is 0.437 e. The van der Waals surface area contributed by atoms with E-state index in [4.69, 9.17) is 15.6 Å². The molecule has 0 bridgehead atoms. The third-order valence-electron chi connectivity index (χ3n) is 2.67. The van der Waals surface area contributed by atoms with Gasteiger partial charge in [0.05, 0.1) is 5.69 Å². The number of amidine groups is 1. The van der Waals surface area contributed by atoms with Crippen molar-refractivity contribution in [2.45, 2.75) is 24.8 Å². The maximum absolute atomic E-state index is 7.53. The molecule has 0 atom stereocenters. The van der Waals surface area contributed by atoms with Crippen LogP contribution in [0.2, 0.25) is 0 Å². The number of thioether (sulfide) groups is 1. The Morgan fingerprint density at radius 3 is 2.72 bits per heavy atom. The Balaban J connectivity index is 2.13. The van der Waals surface area contributed by atoms with Crippen molar-refractivity contribution in [3.63, 3.8) is 0 Å². The van der Waals surface area contributed by atoms with Crippen LogP contribution in [0.3, 0.4) is 0 Å². The maximum atomic E-state index is 7.53. The van der Waals surface area contributed by atoms with Gasteiger partial charge < -0.3 is 10.2 Å². The zero-order valence-corrected chi connectivity index (χ0v) is 11.2. The highest BCUT2D eigenvalue weighted by molar-refractivity contribution is 7.98. The van der Waals surface area contributed by atoms with E-state index >= 15 is 0 Å². The first-order valence-corrected chi connectivity index (χ1v) is 6.55. The van der Waals surface area contributed by atoms with Gasteiger partial charge in [0, 0.05) is 11.3 Å². The van der Waals surface area contributed by atoms with E-state index in [9.17, 15) is 0 Å². The number of nitrogen functional groups attached to an aromatic ring is 1. The number of hydrogen-bond donors (Lipinski definition) is 2. The van der Waals surface area contributed by atoms with Crippen LogP contribution in [-0.4, -0.2) is 10.8 Å². The first kappa shape index (κ1) is 12.7. The number of benzene rings is 1. The molecular weight excluding hydrogens is 246 g/mol. The summed E-state index contributed by atoms with van der Waals surface area (Å²) in [5, 5.41) is 8.18. The van der Waals surface area contributed by atoms with Crippen molar-refractivity contribution in [1.82, 2.24) is 4.98 Å². The van der Waals surface area contributed by atoms with Gasteiger partial charge in [-0.05, 0) is 19.4 Å². The SMILES string of the molecule is Cc1nc(SCc2ccccc2C(=N)N)oc1C. The van der Waals surface area contributed by atoms with Gasteiger partial charge in [0.25, 0.3) is 5.22 Å². The molecule has 18 heavy (non-hydrogen) atoms. The van der Waals surface area contributed by atoms with Crippen LogP contribution in [0.25, 0.3) is 0 Å². The van der Waals surface area contributed by atoms with Gasteiger partial charge in [0.15, 0.2) is 0 Å². The van der Waals surface area contributed by atoms with Gasteiger partial charge in [0.2, 0.25) is 0 Å². The summed E-state index contributed by atoms with van der Waals surface area (Å²) < 4.78 is 5.50. The normalized spacial score (nSPS) is 10.6. The van der Waals surface area contributed by atoms with Crippen molar-refractivity contribution in [1.29, 1.82) is 5.41 Å². The van der Waals surface area contributed by atoms with Gasteiger partial charge in [-0.3, -0.25) is 5.41 Å². The summed E-state index contributed by atoms with van der Waals surface area (Å²) in [4.78, 5) is 4.31. The van der Waals surface area contributed by atoms with Crippen molar-refractivity contribution < 1.29 is 4.42 Å². The molecular formula is C13H15N3OS. The van der Waals surface area contributed by atoms with Crippen LogP contribution < -0.4 is 5.73 Å². The number of aromatic nitrogens is 1. The third kappa shape index (κ3) is 2.73. The summed E-state index contributed by atoms with van der Waals surface area (Å²) in [7, 11) is 0. The molecule has 0 amide bonds. The minimum Gasteiger partial charge on any atom is -0.437 e. The number of hydrogen-bond acceptors (Lipinski definition) is 4. The molecule has 0 aliphatic carbocycles. The average Bonchev–Trinajstić information content (AvgIpc) is 2.66. The van der Waals surface area contributed by atoms with E-state index in [1.54, 1.807) is 0 Å². The van der Waals surface area contributed by atoms with Crippen LogP contribution in [0.15, 0.2) is 33.9 Å². The lowest BCUT2D eigenvalue weighted by molar-refractivity contribution is 0.431. The molecule has 4 nitrogen and oxygen atoms in total. The minimum atomic E-state index is 0.0889. The standard InChI is InChI=1S/C13H15N3OS/c1-8-9(2)17-13(16-8)18-7-10-5-3-4-6-11(10)12(14)15/h3-6H,7H2,1-2H3,(H3,14,15). The molecule has 0 aliphatic rings. The summed E-state index contributed by atoms with van der Waals surface area (Å²) in [6.45, 7) is 3.82. The second kappa shape index (κ2) is 5.27. The molecule has 0 unspecified atom stereocenters. The Morgan fingerprint density at radius 1 is 1.39 bits per heavy atom. The van der Waals surface area contributed by atoms with Crippen molar-refractivity contribution >= 4 is 17.6 Å². The number of nitrogens with two attached hydrogens (primary N) is 1. The number of nitrogens with zero attached hydrogens (tertiary/aromatic N) is 1. The number of aryl methyl sites for hydroxylation is 2. The summed E-state index contributed by atoms with van der Waals surface area (Å²) in [6.07, 6.45) is 0. The lowest BCUT2D eigenvalue weighted by atomic mass is 10.1. The lowest BCUT2D eigenvalue weighted by Crippen LogP contribution is -2.13. The van der Waals surface area contributed by atoms with Crippen LogP contribution >= 0.6 is 11.8 Å². The van der Waals surface area contributed by atoms with Crippen LogP contribution in [0, 0.1) is 19.3 Å². The highest BCUT2D eigenvalue weighted by Gasteiger charge is 2.09. The molecule has 3 N–H and O–H groups in total. The Hall–Kier alpha value is -1.75. The monoisotopic (exact) mass is 261 g/mol. The van der Waals surface area contributed by atoms with Crippen molar-refractivity contribution in [2.75, 3.05) is 0 Å². The highest BCUT2D eigenvalue weighted by atomic mass is 32.2. The molecule has 0 spiro atoms. The predicted molar refractivity (Wildman–Crippen MR) is 73.0 cm³/mol. The third-order valence-corrected chi connectivity index (χ3v) is 3.54.